The zero-order valence-corrected chi connectivity index (χ0v) is 9.79. The van der Waals surface area contributed by atoms with Crippen LogP contribution in [0.5, 0.6) is 0 Å². The lowest BCUT2D eigenvalue weighted by molar-refractivity contribution is 0.0690. The van der Waals surface area contributed by atoms with Crippen LogP contribution in [0.1, 0.15) is 21.7 Å². The summed E-state index contributed by atoms with van der Waals surface area (Å²) < 4.78 is 0. The van der Waals surface area contributed by atoms with E-state index in [9.17, 15) is 4.79 Å². The molecule has 0 spiro atoms. The molecule has 18 heavy (non-hydrogen) atoms. The number of rotatable bonds is 4. The highest BCUT2D eigenvalue weighted by Crippen LogP contribution is 2.06. The maximum absolute atomic E-state index is 10.9. The molecule has 0 saturated carbocycles. The Morgan fingerprint density at radius 3 is 2.94 bits per heavy atom. The first kappa shape index (κ1) is 12.0. The summed E-state index contributed by atoms with van der Waals surface area (Å²) in [5, 5.41) is 11.9. The van der Waals surface area contributed by atoms with Crippen LogP contribution < -0.4 is 5.32 Å². The van der Waals surface area contributed by atoms with Gasteiger partial charge in [0.15, 0.2) is 5.69 Å². The highest BCUT2D eigenvalue weighted by molar-refractivity contribution is 5.85. The number of anilines is 1. The van der Waals surface area contributed by atoms with Crippen LogP contribution in [0.3, 0.4) is 0 Å². The molecule has 0 amide bonds. The molecule has 6 nitrogen and oxygen atoms in total. The van der Waals surface area contributed by atoms with Crippen molar-refractivity contribution in [3.8, 4) is 0 Å². The van der Waals surface area contributed by atoms with Gasteiger partial charge < -0.3 is 10.4 Å². The summed E-state index contributed by atoms with van der Waals surface area (Å²) in [6.07, 6.45) is 3.41. The Balaban J connectivity index is 2.12. The first-order valence-corrected chi connectivity index (χ1v) is 5.37. The average molecular weight is 244 g/mol. The molecule has 0 fully saturated rings. The number of pyridine rings is 1. The van der Waals surface area contributed by atoms with E-state index in [1.54, 1.807) is 19.3 Å². The van der Waals surface area contributed by atoms with Crippen molar-refractivity contribution in [1.29, 1.82) is 0 Å². The average Bonchev–Trinajstić information content (AvgIpc) is 2.37. The van der Waals surface area contributed by atoms with Crippen LogP contribution in [-0.2, 0) is 6.54 Å². The summed E-state index contributed by atoms with van der Waals surface area (Å²) in [4.78, 5) is 22.9. The van der Waals surface area contributed by atoms with E-state index < -0.39 is 5.97 Å². The van der Waals surface area contributed by atoms with Gasteiger partial charge in [-0.2, -0.15) is 0 Å². The minimum Gasteiger partial charge on any atom is -0.477 e. The van der Waals surface area contributed by atoms with E-state index in [0.717, 1.165) is 5.56 Å². The van der Waals surface area contributed by atoms with E-state index in [1.807, 2.05) is 12.1 Å². The molecule has 0 aliphatic rings. The van der Waals surface area contributed by atoms with Crippen LogP contribution in [0.25, 0.3) is 0 Å². The molecule has 6 heteroatoms. The monoisotopic (exact) mass is 244 g/mol. The van der Waals surface area contributed by atoms with Crippen molar-refractivity contribution >= 4 is 11.9 Å². The van der Waals surface area contributed by atoms with Gasteiger partial charge in [0.2, 0.25) is 5.95 Å². The molecule has 2 rings (SSSR count). The molecule has 0 aliphatic heterocycles. The molecule has 0 aliphatic carbocycles. The van der Waals surface area contributed by atoms with Crippen LogP contribution in [-0.4, -0.2) is 26.0 Å². The first-order chi connectivity index (χ1) is 8.65. The number of nitrogens with zero attached hydrogens (tertiary/aromatic N) is 3. The largest absolute Gasteiger partial charge is 0.477 e. The van der Waals surface area contributed by atoms with Crippen molar-refractivity contribution in [2.24, 2.45) is 0 Å². The van der Waals surface area contributed by atoms with Crippen LogP contribution in [0.4, 0.5) is 5.95 Å². The molecule has 0 atom stereocenters. The Labute approximate surface area is 104 Å². The minimum absolute atomic E-state index is 0.0174. The number of hydrogen-bond donors (Lipinski definition) is 2. The van der Waals surface area contributed by atoms with Gasteiger partial charge in [0.1, 0.15) is 0 Å². The van der Waals surface area contributed by atoms with Crippen LogP contribution in [0.2, 0.25) is 0 Å². The lowest BCUT2D eigenvalue weighted by atomic mass is 10.3. The van der Waals surface area contributed by atoms with E-state index in [2.05, 4.69) is 20.3 Å². The molecule has 0 saturated heterocycles. The maximum Gasteiger partial charge on any atom is 0.354 e. The van der Waals surface area contributed by atoms with Crippen LogP contribution in [0, 0.1) is 6.92 Å². The van der Waals surface area contributed by atoms with Crippen LogP contribution in [0.15, 0.2) is 30.6 Å². The molecule has 0 unspecified atom stereocenters. The second-order valence-corrected chi connectivity index (χ2v) is 3.74. The van der Waals surface area contributed by atoms with Crippen molar-refractivity contribution in [3.05, 3.63) is 47.5 Å². The lowest BCUT2D eigenvalue weighted by Gasteiger charge is -2.06. The zero-order valence-electron chi connectivity index (χ0n) is 9.79. The lowest BCUT2D eigenvalue weighted by Crippen LogP contribution is -2.09. The number of carbonyl (C=O) groups is 1. The summed E-state index contributed by atoms with van der Waals surface area (Å²) in [5.41, 5.74) is 1.56. The third-order valence-electron chi connectivity index (χ3n) is 2.25. The van der Waals surface area contributed by atoms with Gasteiger partial charge in [-0.15, -0.1) is 0 Å². The van der Waals surface area contributed by atoms with Crippen LogP contribution >= 0.6 is 0 Å². The van der Waals surface area contributed by atoms with Gasteiger partial charge in [0.05, 0.1) is 0 Å². The molecule has 2 aromatic rings. The third-order valence-corrected chi connectivity index (χ3v) is 2.25. The van der Waals surface area contributed by atoms with E-state index in [4.69, 9.17) is 5.11 Å². The van der Waals surface area contributed by atoms with E-state index in [0.29, 0.717) is 18.2 Å². The van der Waals surface area contributed by atoms with E-state index >= 15 is 0 Å². The third kappa shape index (κ3) is 3.00. The number of carboxylic acid groups (broad SMARTS) is 1. The van der Waals surface area contributed by atoms with Gasteiger partial charge in [-0.05, 0) is 24.6 Å². The number of aromatic carboxylic acids is 1. The second kappa shape index (κ2) is 5.22. The SMILES string of the molecule is Cc1cc(C(=O)O)nc(NCc2cccnc2)n1. The van der Waals surface area contributed by atoms with Crippen molar-refractivity contribution in [3.63, 3.8) is 0 Å². The molecule has 0 radical (unpaired) electrons. The Bertz CT molecular complexity index is 557. The quantitative estimate of drug-likeness (QED) is 0.847. The van der Waals surface area contributed by atoms with Gasteiger partial charge in [-0.25, -0.2) is 14.8 Å². The predicted molar refractivity (Wildman–Crippen MR) is 65.3 cm³/mol. The molecule has 92 valence electrons. The standard InChI is InChI=1S/C12H12N4O2/c1-8-5-10(11(17)18)16-12(15-8)14-7-9-3-2-4-13-6-9/h2-6H,7H2,1H3,(H,17,18)(H,14,15,16). The number of nitrogens with one attached hydrogen (secondary N) is 1. The van der Waals surface area contributed by atoms with Gasteiger partial charge in [0.25, 0.3) is 0 Å². The van der Waals surface area contributed by atoms with Crippen molar-refractivity contribution < 1.29 is 9.90 Å². The van der Waals surface area contributed by atoms with Gasteiger partial charge >= 0.3 is 5.97 Å². The topological polar surface area (TPSA) is 88.0 Å². The smallest absolute Gasteiger partial charge is 0.354 e. The Morgan fingerprint density at radius 1 is 1.44 bits per heavy atom. The first-order valence-electron chi connectivity index (χ1n) is 5.37. The summed E-state index contributed by atoms with van der Waals surface area (Å²) >= 11 is 0. The van der Waals surface area contributed by atoms with Gasteiger partial charge in [-0.1, -0.05) is 6.07 Å². The van der Waals surface area contributed by atoms with Crippen molar-refractivity contribution in [1.82, 2.24) is 15.0 Å². The molecule has 2 heterocycles. The number of carboxylic acids is 1. The van der Waals surface area contributed by atoms with Gasteiger partial charge in [-0.3, -0.25) is 4.98 Å². The van der Waals surface area contributed by atoms with E-state index in [-0.39, 0.29) is 5.69 Å². The van der Waals surface area contributed by atoms with E-state index in [1.165, 1.54) is 6.07 Å². The highest BCUT2D eigenvalue weighted by Gasteiger charge is 2.08. The maximum atomic E-state index is 10.9. The van der Waals surface area contributed by atoms with Crippen molar-refractivity contribution in [2.75, 3.05) is 5.32 Å². The Kier molecular flexibility index (Phi) is 3.47. The van der Waals surface area contributed by atoms with Gasteiger partial charge in [0, 0.05) is 24.6 Å². The molecule has 2 aromatic heterocycles. The Hall–Kier alpha value is -2.50. The molecular weight excluding hydrogens is 232 g/mol. The van der Waals surface area contributed by atoms with Crippen molar-refractivity contribution in [2.45, 2.75) is 13.5 Å². The Morgan fingerprint density at radius 2 is 2.28 bits per heavy atom. The normalized spacial score (nSPS) is 10.1. The summed E-state index contributed by atoms with van der Waals surface area (Å²) in [6.45, 7) is 2.22. The number of hydrogen-bond acceptors (Lipinski definition) is 5. The molecule has 0 bridgehead atoms. The highest BCUT2D eigenvalue weighted by atomic mass is 16.4. The fourth-order valence-corrected chi connectivity index (χ4v) is 1.44. The molecular formula is C12H12N4O2. The molecule has 0 aromatic carbocycles. The number of aromatic nitrogens is 3. The fourth-order valence-electron chi connectivity index (χ4n) is 1.44. The fraction of sp³-hybridized carbons (Fsp3) is 0.167. The second-order valence-electron chi connectivity index (χ2n) is 3.74. The summed E-state index contributed by atoms with van der Waals surface area (Å²) in [7, 11) is 0. The predicted octanol–water partition coefficient (Wildman–Crippen LogP) is 1.49. The summed E-state index contributed by atoms with van der Waals surface area (Å²) in [5.74, 6) is -0.763. The minimum atomic E-state index is -1.06. The molecule has 2 N–H and O–H groups in total. The zero-order chi connectivity index (χ0) is 13.0. The summed E-state index contributed by atoms with van der Waals surface area (Å²) in [6, 6.07) is 5.17. The number of aryl methyl sites for hydroxylation is 1.